The molecule has 3 rings (SSSR count). The molecule has 0 saturated carbocycles. The molecular formula is C18H23ClN4O2. The van der Waals surface area contributed by atoms with Gasteiger partial charge in [0.15, 0.2) is 11.0 Å². The predicted octanol–water partition coefficient (Wildman–Crippen LogP) is 3.51. The molecule has 0 aliphatic carbocycles. The maximum absolute atomic E-state index is 6.10. The second-order valence-corrected chi connectivity index (χ2v) is 6.50. The highest BCUT2D eigenvalue weighted by atomic mass is 35.5. The lowest BCUT2D eigenvalue weighted by Crippen LogP contribution is -2.13. The number of nitrogens with one attached hydrogen (secondary N) is 2. The summed E-state index contributed by atoms with van der Waals surface area (Å²) in [5.74, 6) is 2.03. The van der Waals surface area contributed by atoms with Crippen LogP contribution in [0.15, 0.2) is 24.5 Å². The quantitative estimate of drug-likeness (QED) is 0.735. The molecule has 1 aromatic carbocycles. The third-order valence-corrected chi connectivity index (χ3v) is 4.51. The fourth-order valence-corrected chi connectivity index (χ4v) is 2.99. The molecule has 0 spiro atoms. The maximum Gasteiger partial charge on any atom is 0.157 e. The number of ether oxygens (including phenoxy) is 2. The highest BCUT2D eigenvalue weighted by Gasteiger charge is 2.17. The number of hydrogen-bond donors (Lipinski definition) is 2. The number of hydrogen-bond acceptors (Lipinski definition) is 6. The summed E-state index contributed by atoms with van der Waals surface area (Å²) in [5.41, 5.74) is 2.92. The molecule has 1 saturated heterocycles. The van der Waals surface area contributed by atoms with Crippen LogP contribution in [-0.4, -0.2) is 36.8 Å². The monoisotopic (exact) mass is 362 g/mol. The molecule has 1 fully saturated rings. The van der Waals surface area contributed by atoms with E-state index in [2.05, 4.69) is 45.7 Å². The predicted molar refractivity (Wildman–Crippen MR) is 99.5 cm³/mol. The van der Waals surface area contributed by atoms with Crippen LogP contribution in [0.25, 0.3) is 0 Å². The molecule has 0 amide bonds. The van der Waals surface area contributed by atoms with Gasteiger partial charge in [-0.15, -0.1) is 0 Å². The molecule has 2 aromatic rings. The summed E-state index contributed by atoms with van der Waals surface area (Å²) in [5, 5.41) is 6.72. The van der Waals surface area contributed by atoms with Crippen LogP contribution < -0.4 is 15.4 Å². The molecule has 0 radical (unpaired) electrons. The molecule has 2 heterocycles. The average molecular weight is 363 g/mol. The molecule has 1 aliphatic heterocycles. The van der Waals surface area contributed by atoms with Gasteiger partial charge < -0.3 is 20.1 Å². The summed E-state index contributed by atoms with van der Waals surface area (Å²) in [6.45, 7) is 4.93. The Kier molecular flexibility index (Phi) is 5.94. The molecular weight excluding hydrogens is 340 g/mol. The van der Waals surface area contributed by atoms with E-state index < -0.39 is 0 Å². The van der Waals surface area contributed by atoms with Gasteiger partial charge in [-0.05, 0) is 25.0 Å². The van der Waals surface area contributed by atoms with Crippen molar-refractivity contribution in [2.45, 2.75) is 19.9 Å². The van der Waals surface area contributed by atoms with Crippen LogP contribution in [0.4, 0.5) is 11.5 Å². The van der Waals surface area contributed by atoms with Gasteiger partial charge in [0, 0.05) is 31.7 Å². The van der Waals surface area contributed by atoms with Gasteiger partial charge in [-0.25, -0.2) is 9.97 Å². The van der Waals surface area contributed by atoms with Gasteiger partial charge in [0.05, 0.1) is 13.2 Å². The first-order valence-corrected chi connectivity index (χ1v) is 8.77. The Morgan fingerprint density at radius 3 is 3.00 bits per heavy atom. The lowest BCUT2D eigenvalue weighted by Gasteiger charge is -2.16. The minimum absolute atomic E-state index is 0.390. The van der Waals surface area contributed by atoms with Gasteiger partial charge in [0.1, 0.15) is 17.8 Å². The number of aryl methyl sites for hydroxylation is 1. The van der Waals surface area contributed by atoms with Crippen molar-refractivity contribution >= 4 is 23.1 Å². The first-order valence-electron chi connectivity index (χ1n) is 8.39. The van der Waals surface area contributed by atoms with Crippen LogP contribution in [0.2, 0.25) is 5.15 Å². The summed E-state index contributed by atoms with van der Waals surface area (Å²) in [4.78, 5) is 8.24. The van der Waals surface area contributed by atoms with E-state index in [0.29, 0.717) is 35.7 Å². The van der Waals surface area contributed by atoms with Crippen LogP contribution in [0.1, 0.15) is 17.5 Å². The van der Waals surface area contributed by atoms with Crippen LogP contribution >= 0.6 is 11.6 Å². The Labute approximate surface area is 152 Å². The molecule has 2 N–H and O–H groups in total. The number of benzene rings is 1. The average Bonchev–Trinajstić information content (AvgIpc) is 3.12. The van der Waals surface area contributed by atoms with Gasteiger partial charge in [0.2, 0.25) is 0 Å². The normalized spacial score (nSPS) is 16.7. The zero-order valence-corrected chi connectivity index (χ0v) is 15.3. The van der Waals surface area contributed by atoms with E-state index in [-0.39, 0.29) is 0 Å². The standard InChI is InChI=1S/C18H23ClN4O2/c1-12-3-4-14(15(7-12)25-10-13-5-6-24-9-13)8-21-18-16(20-2)17(19)22-11-23-18/h3-4,7,11,13,20H,5-6,8-10H2,1-2H3,(H,21,22,23). The zero-order valence-electron chi connectivity index (χ0n) is 14.5. The molecule has 6 nitrogen and oxygen atoms in total. The SMILES string of the molecule is CNc1c(Cl)ncnc1NCc1ccc(C)cc1OCC1CCOC1. The van der Waals surface area contributed by atoms with E-state index in [9.17, 15) is 0 Å². The van der Waals surface area contributed by atoms with E-state index in [1.54, 1.807) is 7.05 Å². The van der Waals surface area contributed by atoms with E-state index >= 15 is 0 Å². The van der Waals surface area contributed by atoms with E-state index in [1.807, 2.05) is 0 Å². The van der Waals surface area contributed by atoms with Crippen molar-refractivity contribution < 1.29 is 9.47 Å². The van der Waals surface area contributed by atoms with Crippen molar-refractivity contribution in [1.82, 2.24) is 9.97 Å². The minimum Gasteiger partial charge on any atom is -0.493 e. The highest BCUT2D eigenvalue weighted by molar-refractivity contribution is 6.32. The first kappa shape index (κ1) is 17.8. The topological polar surface area (TPSA) is 68.3 Å². The van der Waals surface area contributed by atoms with Crippen LogP contribution in [0, 0.1) is 12.8 Å². The van der Waals surface area contributed by atoms with Crippen LogP contribution in [0.3, 0.4) is 0 Å². The molecule has 1 aromatic heterocycles. The summed E-state index contributed by atoms with van der Waals surface area (Å²) in [6.07, 6.45) is 2.50. The number of rotatable bonds is 7. The second kappa shape index (κ2) is 8.36. The maximum atomic E-state index is 6.10. The smallest absolute Gasteiger partial charge is 0.157 e. The van der Waals surface area contributed by atoms with Crippen LogP contribution in [0.5, 0.6) is 5.75 Å². The fraction of sp³-hybridized carbons (Fsp3) is 0.444. The first-order chi connectivity index (χ1) is 12.2. The zero-order chi connectivity index (χ0) is 17.6. The van der Waals surface area contributed by atoms with Gasteiger partial charge in [0.25, 0.3) is 0 Å². The fourth-order valence-electron chi connectivity index (χ4n) is 2.76. The van der Waals surface area contributed by atoms with Crippen LogP contribution in [-0.2, 0) is 11.3 Å². The Balaban J connectivity index is 1.70. The summed E-state index contributed by atoms with van der Waals surface area (Å²) in [6, 6.07) is 6.22. The van der Waals surface area contributed by atoms with Gasteiger partial charge in [-0.2, -0.15) is 0 Å². The van der Waals surface area contributed by atoms with E-state index in [1.165, 1.54) is 11.9 Å². The van der Waals surface area contributed by atoms with Crippen molar-refractivity contribution in [3.63, 3.8) is 0 Å². The highest BCUT2D eigenvalue weighted by Crippen LogP contribution is 2.28. The van der Waals surface area contributed by atoms with Crippen molar-refractivity contribution in [2.75, 3.05) is 37.5 Å². The largest absolute Gasteiger partial charge is 0.493 e. The second-order valence-electron chi connectivity index (χ2n) is 6.14. The van der Waals surface area contributed by atoms with Crippen molar-refractivity contribution in [1.29, 1.82) is 0 Å². The number of anilines is 2. The van der Waals surface area contributed by atoms with Gasteiger partial charge in [-0.3, -0.25) is 0 Å². The summed E-state index contributed by atoms with van der Waals surface area (Å²) >= 11 is 6.10. The Morgan fingerprint density at radius 2 is 2.24 bits per heavy atom. The third kappa shape index (κ3) is 4.52. The third-order valence-electron chi connectivity index (χ3n) is 4.22. The number of aromatic nitrogens is 2. The Bertz CT molecular complexity index is 720. The number of halogens is 1. The molecule has 25 heavy (non-hydrogen) atoms. The number of nitrogens with zero attached hydrogens (tertiary/aromatic N) is 2. The van der Waals surface area contributed by atoms with E-state index in [4.69, 9.17) is 21.1 Å². The lowest BCUT2D eigenvalue weighted by atomic mass is 10.1. The minimum atomic E-state index is 0.390. The van der Waals surface area contributed by atoms with Gasteiger partial charge >= 0.3 is 0 Å². The van der Waals surface area contributed by atoms with Crippen molar-refractivity contribution in [3.05, 3.63) is 40.8 Å². The molecule has 1 unspecified atom stereocenters. The van der Waals surface area contributed by atoms with Crippen molar-refractivity contribution in [2.24, 2.45) is 5.92 Å². The van der Waals surface area contributed by atoms with E-state index in [0.717, 1.165) is 30.9 Å². The molecule has 134 valence electrons. The molecule has 1 aliphatic rings. The summed E-state index contributed by atoms with van der Waals surface area (Å²) in [7, 11) is 1.79. The Hall–Kier alpha value is -2.05. The molecule has 7 heteroatoms. The molecule has 1 atom stereocenters. The van der Waals surface area contributed by atoms with Gasteiger partial charge in [-0.1, -0.05) is 23.7 Å². The van der Waals surface area contributed by atoms with Crippen molar-refractivity contribution in [3.8, 4) is 5.75 Å². The lowest BCUT2D eigenvalue weighted by molar-refractivity contribution is 0.167. The Morgan fingerprint density at radius 1 is 1.36 bits per heavy atom. The molecule has 0 bridgehead atoms. The summed E-state index contributed by atoms with van der Waals surface area (Å²) < 4.78 is 11.5.